The quantitative estimate of drug-likeness (QED) is 0.866. The highest BCUT2D eigenvalue weighted by atomic mass is 16.6. The number of ether oxygens (including phenoxy) is 2. The molecule has 2 N–H and O–H groups in total. The Morgan fingerprint density at radius 1 is 1.22 bits per heavy atom. The highest BCUT2D eigenvalue weighted by Gasteiger charge is 2.24. The predicted octanol–water partition coefficient (Wildman–Crippen LogP) is 2.53. The van der Waals surface area contributed by atoms with Gasteiger partial charge >= 0.3 is 0 Å². The van der Waals surface area contributed by atoms with Crippen molar-refractivity contribution in [3.63, 3.8) is 0 Å². The number of nitrogens with one attached hydrogen (secondary N) is 1. The molecule has 3 heterocycles. The Labute approximate surface area is 159 Å². The fourth-order valence-electron chi connectivity index (χ4n) is 3.37. The molecule has 27 heavy (non-hydrogen) atoms. The van der Waals surface area contributed by atoms with Crippen LogP contribution in [0.15, 0.2) is 36.4 Å². The van der Waals surface area contributed by atoms with Crippen LogP contribution in [0.3, 0.4) is 0 Å². The Morgan fingerprint density at radius 3 is 2.81 bits per heavy atom. The molecule has 0 aliphatic carbocycles. The second kappa shape index (κ2) is 7.58. The van der Waals surface area contributed by atoms with Crippen molar-refractivity contribution in [1.82, 2.24) is 10.3 Å². The SMILES string of the molecule is CC(C)Oc1cccc(C2=Cc3ccc(N4CCNCC4)cc3OC2O)n1. The number of hydrogen-bond donors (Lipinski definition) is 2. The second-order valence-electron chi connectivity index (χ2n) is 7.06. The summed E-state index contributed by atoms with van der Waals surface area (Å²) in [5.41, 5.74) is 3.33. The van der Waals surface area contributed by atoms with Crippen LogP contribution in [0.2, 0.25) is 0 Å². The van der Waals surface area contributed by atoms with Crippen LogP contribution in [0.1, 0.15) is 25.1 Å². The summed E-state index contributed by atoms with van der Waals surface area (Å²) in [6.07, 6.45) is 0.919. The zero-order valence-corrected chi connectivity index (χ0v) is 15.7. The van der Waals surface area contributed by atoms with E-state index in [1.807, 2.05) is 50.3 Å². The molecular weight excluding hydrogens is 342 g/mol. The highest BCUT2D eigenvalue weighted by Crippen LogP contribution is 2.36. The lowest BCUT2D eigenvalue weighted by molar-refractivity contribution is 0.0317. The molecule has 0 bridgehead atoms. The molecule has 6 heteroatoms. The number of aliphatic hydroxyl groups excluding tert-OH is 1. The minimum absolute atomic E-state index is 0.0402. The number of rotatable bonds is 4. The van der Waals surface area contributed by atoms with E-state index in [0.29, 0.717) is 22.9 Å². The molecule has 2 aromatic rings. The number of hydrogen-bond acceptors (Lipinski definition) is 6. The van der Waals surface area contributed by atoms with Crippen LogP contribution in [0.5, 0.6) is 11.6 Å². The summed E-state index contributed by atoms with van der Waals surface area (Å²) in [4.78, 5) is 6.82. The fraction of sp³-hybridized carbons (Fsp3) is 0.381. The minimum atomic E-state index is -1.06. The molecule has 0 amide bonds. The third-order valence-corrected chi connectivity index (χ3v) is 4.67. The highest BCUT2D eigenvalue weighted by molar-refractivity contribution is 5.86. The molecule has 0 radical (unpaired) electrons. The number of benzene rings is 1. The van der Waals surface area contributed by atoms with E-state index < -0.39 is 6.29 Å². The maximum atomic E-state index is 10.5. The predicted molar refractivity (Wildman–Crippen MR) is 106 cm³/mol. The number of aromatic nitrogens is 1. The van der Waals surface area contributed by atoms with Crippen LogP contribution in [-0.2, 0) is 0 Å². The Balaban J connectivity index is 1.62. The lowest BCUT2D eigenvalue weighted by atomic mass is 10.0. The van der Waals surface area contributed by atoms with Crippen LogP contribution >= 0.6 is 0 Å². The smallest absolute Gasteiger partial charge is 0.226 e. The van der Waals surface area contributed by atoms with Gasteiger partial charge in [0.25, 0.3) is 0 Å². The maximum absolute atomic E-state index is 10.5. The summed E-state index contributed by atoms with van der Waals surface area (Å²) in [6.45, 7) is 7.80. The average Bonchev–Trinajstić information content (AvgIpc) is 2.67. The average molecular weight is 367 g/mol. The summed E-state index contributed by atoms with van der Waals surface area (Å²) >= 11 is 0. The van der Waals surface area contributed by atoms with E-state index in [9.17, 15) is 5.11 Å². The number of fused-ring (bicyclic) bond motifs is 1. The van der Waals surface area contributed by atoms with Gasteiger partial charge in [-0.25, -0.2) is 4.98 Å². The van der Waals surface area contributed by atoms with E-state index in [1.165, 1.54) is 0 Å². The van der Waals surface area contributed by atoms with Crippen molar-refractivity contribution in [1.29, 1.82) is 0 Å². The van der Waals surface area contributed by atoms with Gasteiger partial charge in [-0.05, 0) is 38.1 Å². The van der Waals surface area contributed by atoms with Crippen molar-refractivity contribution in [3.05, 3.63) is 47.7 Å². The topological polar surface area (TPSA) is 66.9 Å². The zero-order chi connectivity index (χ0) is 18.8. The molecule has 1 fully saturated rings. The van der Waals surface area contributed by atoms with Gasteiger partial charge in [0.2, 0.25) is 12.2 Å². The zero-order valence-electron chi connectivity index (χ0n) is 15.7. The Bertz CT molecular complexity index is 844. The fourth-order valence-corrected chi connectivity index (χ4v) is 3.37. The maximum Gasteiger partial charge on any atom is 0.226 e. The number of anilines is 1. The van der Waals surface area contributed by atoms with Crippen LogP contribution in [0.25, 0.3) is 11.6 Å². The third kappa shape index (κ3) is 3.91. The van der Waals surface area contributed by atoms with Crippen LogP contribution in [0, 0.1) is 0 Å². The molecule has 1 atom stereocenters. The molecule has 2 aliphatic rings. The molecule has 4 rings (SSSR count). The molecule has 142 valence electrons. The van der Waals surface area contributed by atoms with E-state index in [1.54, 1.807) is 0 Å². The van der Waals surface area contributed by atoms with E-state index >= 15 is 0 Å². The summed E-state index contributed by atoms with van der Waals surface area (Å²) in [6, 6.07) is 11.7. The summed E-state index contributed by atoms with van der Waals surface area (Å²) in [7, 11) is 0. The third-order valence-electron chi connectivity index (χ3n) is 4.67. The monoisotopic (exact) mass is 367 g/mol. The first-order valence-electron chi connectivity index (χ1n) is 9.40. The van der Waals surface area contributed by atoms with Gasteiger partial charge in [-0.1, -0.05) is 6.07 Å². The van der Waals surface area contributed by atoms with Gasteiger partial charge < -0.3 is 24.8 Å². The normalized spacial score (nSPS) is 19.3. The van der Waals surface area contributed by atoms with Crippen LogP contribution in [0.4, 0.5) is 5.69 Å². The Hall–Kier alpha value is -2.57. The van der Waals surface area contributed by atoms with Gasteiger partial charge in [-0.3, -0.25) is 0 Å². The van der Waals surface area contributed by atoms with E-state index in [-0.39, 0.29) is 6.10 Å². The molecule has 1 aromatic carbocycles. The second-order valence-corrected chi connectivity index (χ2v) is 7.06. The molecule has 6 nitrogen and oxygen atoms in total. The summed E-state index contributed by atoms with van der Waals surface area (Å²) in [5.74, 6) is 1.23. The number of aliphatic hydroxyl groups is 1. The Morgan fingerprint density at radius 2 is 2.04 bits per heavy atom. The lowest BCUT2D eigenvalue weighted by Crippen LogP contribution is -2.43. The molecule has 2 aliphatic heterocycles. The standard InChI is InChI=1S/C21H25N3O3/c1-14(2)26-20-5-3-4-18(23-20)17-12-15-6-7-16(13-19(15)27-21(17)25)24-10-8-22-9-11-24/h3-7,12-14,21-22,25H,8-11H2,1-2H3. The summed E-state index contributed by atoms with van der Waals surface area (Å²) in [5, 5.41) is 13.9. The van der Waals surface area contributed by atoms with Crippen molar-refractivity contribution in [2.45, 2.75) is 26.2 Å². The number of piperazine rings is 1. The van der Waals surface area contributed by atoms with Crippen molar-refractivity contribution >= 4 is 17.3 Å². The molecule has 1 saturated heterocycles. The van der Waals surface area contributed by atoms with Crippen molar-refractivity contribution in [2.75, 3.05) is 31.1 Å². The van der Waals surface area contributed by atoms with Crippen molar-refractivity contribution in [3.8, 4) is 11.6 Å². The van der Waals surface area contributed by atoms with Gasteiger partial charge in [-0.15, -0.1) is 0 Å². The van der Waals surface area contributed by atoms with E-state index in [2.05, 4.69) is 21.3 Å². The minimum Gasteiger partial charge on any atom is -0.475 e. The van der Waals surface area contributed by atoms with Gasteiger partial charge in [0, 0.05) is 55.1 Å². The van der Waals surface area contributed by atoms with E-state index in [4.69, 9.17) is 9.47 Å². The van der Waals surface area contributed by atoms with Gasteiger partial charge in [-0.2, -0.15) is 0 Å². The Kier molecular flexibility index (Phi) is 5.01. The van der Waals surface area contributed by atoms with Crippen molar-refractivity contribution < 1.29 is 14.6 Å². The molecule has 1 unspecified atom stereocenters. The van der Waals surface area contributed by atoms with Gasteiger partial charge in [0.1, 0.15) is 5.75 Å². The first-order valence-corrected chi connectivity index (χ1v) is 9.40. The number of nitrogens with zero attached hydrogens (tertiary/aromatic N) is 2. The van der Waals surface area contributed by atoms with Crippen LogP contribution < -0.4 is 19.7 Å². The first kappa shape index (κ1) is 17.8. The molecule has 0 spiro atoms. The largest absolute Gasteiger partial charge is 0.475 e. The molecule has 1 aromatic heterocycles. The van der Waals surface area contributed by atoms with Crippen LogP contribution in [-0.4, -0.2) is 48.7 Å². The van der Waals surface area contributed by atoms with Gasteiger partial charge in [0.05, 0.1) is 11.8 Å². The molecule has 0 saturated carbocycles. The number of pyridine rings is 1. The van der Waals surface area contributed by atoms with E-state index in [0.717, 1.165) is 37.4 Å². The lowest BCUT2D eigenvalue weighted by Gasteiger charge is -2.31. The molecular formula is C21H25N3O3. The van der Waals surface area contributed by atoms with Gasteiger partial charge in [0.15, 0.2) is 0 Å². The first-order chi connectivity index (χ1) is 13.1. The summed E-state index contributed by atoms with van der Waals surface area (Å²) < 4.78 is 11.5. The van der Waals surface area contributed by atoms with Crippen molar-refractivity contribution in [2.24, 2.45) is 0 Å².